The molecule has 1 aromatic rings. The van der Waals surface area contributed by atoms with Crippen molar-refractivity contribution in [1.29, 1.82) is 0 Å². The highest BCUT2D eigenvalue weighted by atomic mass is 16.1. The van der Waals surface area contributed by atoms with Gasteiger partial charge in [0.05, 0.1) is 6.04 Å². The van der Waals surface area contributed by atoms with Gasteiger partial charge in [0.2, 0.25) is 6.08 Å². The number of carbonyl (C=O) groups excluding carboxylic acids is 2. The van der Waals surface area contributed by atoms with Crippen LogP contribution in [-0.2, 0) is 16.0 Å². The summed E-state index contributed by atoms with van der Waals surface area (Å²) < 4.78 is 0. The van der Waals surface area contributed by atoms with Gasteiger partial charge in [0.15, 0.2) is 0 Å². The van der Waals surface area contributed by atoms with Crippen LogP contribution in [0, 0.1) is 5.92 Å². The van der Waals surface area contributed by atoms with E-state index in [0.717, 1.165) is 5.56 Å². The maximum absolute atomic E-state index is 11.8. The number of ketones is 1. The van der Waals surface area contributed by atoms with E-state index < -0.39 is 0 Å². The third kappa shape index (κ3) is 4.75. The van der Waals surface area contributed by atoms with E-state index in [-0.39, 0.29) is 17.7 Å². The number of carbonyl (C=O) groups is 1. The van der Waals surface area contributed by atoms with Crippen molar-refractivity contribution < 1.29 is 9.59 Å². The van der Waals surface area contributed by atoms with Crippen molar-refractivity contribution in [3.63, 3.8) is 0 Å². The quantitative estimate of drug-likeness (QED) is 0.558. The zero-order chi connectivity index (χ0) is 12.7. The predicted molar refractivity (Wildman–Crippen MR) is 66.5 cm³/mol. The Morgan fingerprint density at radius 2 is 1.94 bits per heavy atom. The zero-order valence-electron chi connectivity index (χ0n) is 10.2. The van der Waals surface area contributed by atoms with E-state index >= 15 is 0 Å². The number of benzene rings is 1. The van der Waals surface area contributed by atoms with Crippen LogP contribution in [0.3, 0.4) is 0 Å². The molecule has 3 nitrogen and oxygen atoms in total. The average Bonchev–Trinajstić information content (AvgIpc) is 2.29. The van der Waals surface area contributed by atoms with Gasteiger partial charge >= 0.3 is 0 Å². The van der Waals surface area contributed by atoms with E-state index in [1.54, 1.807) is 6.08 Å². The number of isocyanates is 1. The molecule has 0 spiro atoms. The highest BCUT2D eigenvalue weighted by molar-refractivity contribution is 5.81. The van der Waals surface area contributed by atoms with Crippen LogP contribution >= 0.6 is 0 Å². The van der Waals surface area contributed by atoms with Crippen molar-refractivity contribution in [1.82, 2.24) is 0 Å². The molecule has 0 saturated carbocycles. The number of nitrogens with zero attached hydrogens (tertiary/aromatic N) is 1. The van der Waals surface area contributed by atoms with Crippen LogP contribution < -0.4 is 0 Å². The molecule has 0 aromatic heterocycles. The fraction of sp³-hybridized carbons (Fsp3) is 0.429. The number of Topliss-reactive ketones (excluding diaryl/α,β-unsaturated/α-hetero) is 1. The molecule has 3 heteroatoms. The summed E-state index contributed by atoms with van der Waals surface area (Å²) >= 11 is 0. The molecule has 1 rings (SSSR count). The second-order valence-electron chi connectivity index (χ2n) is 4.44. The first-order chi connectivity index (χ1) is 8.13. The second kappa shape index (κ2) is 6.77. The molecule has 1 atom stereocenters. The fourth-order valence-electron chi connectivity index (χ4n) is 1.63. The first kappa shape index (κ1) is 13.3. The normalized spacial score (nSPS) is 11.9. The van der Waals surface area contributed by atoms with E-state index in [4.69, 9.17) is 0 Å². The summed E-state index contributed by atoms with van der Waals surface area (Å²) in [6.07, 6.45) is 2.25. The SMILES string of the molecule is CC(C)[C@@H](CC(=O)Cc1ccccc1)N=C=O. The van der Waals surface area contributed by atoms with Crippen molar-refractivity contribution in [2.24, 2.45) is 10.9 Å². The van der Waals surface area contributed by atoms with E-state index in [1.807, 2.05) is 44.2 Å². The van der Waals surface area contributed by atoms with Crippen LogP contribution in [0.2, 0.25) is 0 Å². The largest absolute Gasteiger partial charge is 0.299 e. The molecule has 0 aliphatic carbocycles. The van der Waals surface area contributed by atoms with Gasteiger partial charge in [0.25, 0.3) is 0 Å². The minimum atomic E-state index is -0.247. The van der Waals surface area contributed by atoms with Crippen molar-refractivity contribution >= 4 is 11.9 Å². The molecule has 1 aromatic carbocycles. The smallest absolute Gasteiger partial charge is 0.235 e. The van der Waals surface area contributed by atoms with Crippen molar-refractivity contribution in [2.75, 3.05) is 0 Å². The lowest BCUT2D eigenvalue weighted by atomic mass is 9.96. The Bertz CT molecular complexity index is 405. The first-order valence-corrected chi connectivity index (χ1v) is 5.76. The van der Waals surface area contributed by atoms with Crippen molar-refractivity contribution in [2.45, 2.75) is 32.7 Å². The molecule has 0 amide bonds. The lowest BCUT2D eigenvalue weighted by Gasteiger charge is -2.13. The molecule has 0 aliphatic rings. The number of hydrogen-bond acceptors (Lipinski definition) is 3. The van der Waals surface area contributed by atoms with Crippen LogP contribution in [0.4, 0.5) is 0 Å². The summed E-state index contributed by atoms with van der Waals surface area (Å²) in [7, 11) is 0. The lowest BCUT2D eigenvalue weighted by Crippen LogP contribution is -2.19. The monoisotopic (exact) mass is 231 g/mol. The highest BCUT2D eigenvalue weighted by Gasteiger charge is 2.16. The number of aliphatic imine (C=N–C) groups is 1. The van der Waals surface area contributed by atoms with Gasteiger partial charge in [-0.05, 0) is 11.5 Å². The maximum Gasteiger partial charge on any atom is 0.235 e. The Morgan fingerprint density at radius 1 is 1.29 bits per heavy atom. The maximum atomic E-state index is 11.8. The molecule has 90 valence electrons. The first-order valence-electron chi connectivity index (χ1n) is 5.76. The number of rotatable bonds is 6. The van der Waals surface area contributed by atoms with Crippen LogP contribution in [0.25, 0.3) is 0 Å². The Hall–Kier alpha value is -1.73. The molecule has 17 heavy (non-hydrogen) atoms. The standard InChI is InChI=1S/C14H17NO2/c1-11(2)14(15-10-16)9-13(17)8-12-6-4-3-5-7-12/h3-7,11,14H,8-9H2,1-2H3/t14-/m1/s1. The highest BCUT2D eigenvalue weighted by Crippen LogP contribution is 2.12. The zero-order valence-corrected chi connectivity index (χ0v) is 10.2. The summed E-state index contributed by atoms with van der Waals surface area (Å²) in [5, 5.41) is 0. The minimum Gasteiger partial charge on any atom is -0.299 e. The number of hydrogen-bond donors (Lipinski definition) is 0. The molecule has 0 heterocycles. The molecule has 0 N–H and O–H groups in total. The Morgan fingerprint density at radius 3 is 2.47 bits per heavy atom. The van der Waals surface area contributed by atoms with Gasteiger partial charge in [-0.2, -0.15) is 0 Å². The molecule has 0 bridgehead atoms. The molecule has 0 fully saturated rings. The van der Waals surface area contributed by atoms with Crippen LogP contribution in [0.1, 0.15) is 25.8 Å². The summed E-state index contributed by atoms with van der Waals surface area (Å²) in [4.78, 5) is 25.7. The molecule has 0 unspecified atom stereocenters. The van der Waals surface area contributed by atoms with Gasteiger partial charge < -0.3 is 0 Å². The predicted octanol–water partition coefficient (Wildman–Crippen LogP) is 2.55. The summed E-state index contributed by atoms with van der Waals surface area (Å²) in [5.74, 6) is 0.282. The Labute approximate surface area is 102 Å². The van der Waals surface area contributed by atoms with Gasteiger partial charge in [-0.3, -0.25) is 4.79 Å². The summed E-state index contributed by atoms with van der Waals surface area (Å²) in [6.45, 7) is 3.89. The van der Waals surface area contributed by atoms with Gasteiger partial charge in [-0.25, -0.2) is 9.79 Å². The van der Waals surface area contributed by atoms with E-state index in [9.17, 15) is 9.59 Å². The third-order valence-electron chi connectivity index (χ3n) is 2.67. The Kier molecular flexibility index (Phi) is 5.31. The van der Waals surface area contributed by atoms with Gasteiger partial charge in [-0.15, -0.1) is 0 Å². The van der Waals surface area contributed by atoms with Crippen LogP contribution in [-0.4, -0.2) is 17.9 Å². The van der Waals surface area contributed by atoms with Gasteiger partial charge in [-0.1, -0.05) is 44.2 Å². The molecule has 0 aliphatic heterocycles. The van der Waals surface area contributed by atoms with E-state index in [2.05, 4.69) is 4.99 Å². The average molecular weight is 231 g/mol. The van der Waals surface area contributed by atoms with Gasteiger partial charge in [0, 0.05) is 12.8 Å². The van der Waals surface area contributed by atoms with Crippen molar-refractivity contribution in [3.05, 3.63) is 35.9 Å². The lowest BCUT2D eigenvalue weighted by molar-refractivity contribution is -0.118. The molecular weight excluding hydrogens is 214 g/mol. The van der Waals surface area contributed by atoms with Crippen LogP contribution in [0.5, 0.6) is 0 Å². The second-order valence-corrected chi connectivity index (χ2v) is 4.44. The minimum absolute atomic E-state index is 0.105. The molecule has 0 radical (unpaired) electrons. The van der Waals surface area contributed by atoms with Crippen LogP contribution in [0.15, 0.2) is 35.3 Å². The Balaban J connectivity index is 2.57. The van der Waals surface area contributed by atoms with Gasteiger partial charge in [0.1, 0.15) is 5.78 Å². The topological polar surface area (TPSA) is 46.5 Å². The van der Waals surface area contributed by atoms with E-state index in [1.165, 1.54) is 0 Å². The van der Waals surface area contributed by atoms with E-state index in [0.29, 0.717) is 12.8 Å². The third-order valence-corrected chi connectivity index (χ3v) is 2.67. The molecule has 0 saturated heterocycles. The fourth-order valence-corrected chi connectivity index (χ4v) is 1.63. The molecular formula is C14H17NO2. The van der Waals surface area contributed by atoms with Crippen molar-refractivity contribution in [3.8, 4) is 0 Å². The summed E-state index contributed by atoms with van der Waals surface area (Å²) in [5.41, 5.74) is 0.995. The summed E-state index contributed by atoms with van der Waals surface area (Å²) in [6, 6.07) is 9.33.